The van der Waals surface area contributed by atoms with Crippen molar-refractivity contribution >= 4 is 27.3 Å². The molecule has 0 bridgehead atoms. The molecule has 0 saturated carbocycles. The van der Waals surface area contributed by atoms with Crippen LogP contribution in [0.3, 0.4) is 0 Å². The Morgan fingerprint density at radius 2 is 2.12 bits per heavy atom. The first-order valence-corrected chi connectivity index (χ1v) is 7.36. The highest BCUT2D eigenvalue weighted by atomic mass is 35.5. The molecule has 1 atom stereocenters. The number of benzene rings is 1. The molecule has 1 aromatic rings. The Hall–Kier alpha value is -0.740. The van der Waals surface area contributed by atoms with Crippen molar-refractivity contribution < 1.29 is 8.42 Å². The van der Waals surface area contributed by atoms with Crippen LogP contribution in [0.1, 0.15) is 18.9 Å². The van der Waals surface area contributed by atoms with Gasteiger partial charge in [-0.25, -0.2) is 8.42 Å². The summed E-state index contributed by atoms with van der Waals surface area (Å²) < 4.78 is 25.3. The van der Waals surface area contributed by atoms with Gasteiger partial charge in [-0.2, -0.15) is 0 Å². The average Bonchev–Trinajstić information content (AvgIpc) is 2.28. The Labute approximate surface area is 101 Å². The first-order valence-electron chi connectivity index (χ1n) is 5.22. The zero-order chi connectivity index (χ0) is 11.8. The molecular weight excluding hydrogens is 246 g/mol. The van der Waals surface area contributed by atoms with E-state index >= 15 is 0 Å². The van der Waals surface area contributed by atoms with Crippen molar-refractivity contribution in [1.82, 2.24) is 0 Å². The molecule has 2 rings (SSSR count). The number of aryl methyl sites for hydroxylation is 1. The predicted octanol–water partition coefficient (Wildman–Crippen LogP) is 2.35. The van der Waals surface area contributed by atoms with Gasteiger partial charge in [0.1, 0.15) is 5.21 Å². The fraction of sp³-hybridized carbons (Fsp3) is 0.455. The molecule has 16 heavy (non-hydrogen) atoms. The van der Waals surface area contributed by atoms with E-state index in [1.807, 2.05) is 31.2 Å². The highest BCUT2D eigenvalue weighted by molar-refractivity contribution is 7.93. The van der Waals surface area contributed by atoms with Crippen molar-refractivity contribution in [2.45, 2.75) is 25.8 Å². The topological polar surface area (TPSA) is 37.4 Å². The number of anilines is 1. The van der Waals surface area contributed by atoms with Gasteiger partial charge in [0, 0.05) is 6.04 Å². The molecule has 3 nitrogen and oxygen atoms in total. The maximum atomic E-state index is 11.9. The summed E-state index contributed by atoms with van der Waals surface area (Å²) in [5.41, 5.74) is 1.86. The first kappa shape index (κ1) is 11.7. The van der Waals surface area contributed by atoms with E-state index < -0.39 is 10.0 Å². The average molecular weight is 260 g/mol. The van der Waals surface area contributed by atoms with E-state index in [1.165, 1.54) is 4.31 Å². The molecule has 0 aromatic heterocycles. The van der Waals surface area contributed by atoms with Crippen LogP contribution in [0.4, 0.5) is 5.69 Å². The lowest BCUT2D eigenvalue weighted by atomic mass is 9.99. The first-order chi connectivity index (χ1) is 7.56. The van der Waals surface area contributed by atoms with Gasteiger partial charge in [0.25, 0.3) is 0 Å². The van der Waals surface area contributed by atoms with Gasteiger partial charge in [-0.15, -0.1) is 11.6 Å². The molecule has 0 fully saturated rings. The molecule has 1 aliphatic heterocycles. The summed E-state index contributed by atoms with van der Waals surface area (Å²) in [4.78, 5) is 0. The quantitative estimate of drug-likeness (QED) is 0.765. The zero-order valence-electron chi connectivity index (χ0n) is 9.06. The lowest BCUT2D eigenvalue weighted by molar-refractivity contribution is 0.567. The van der Waals surface area contributed by atoms with Crippen LogP contribution in [0.2, 0.25) is 0 Å². The number of rotatable bonds is 2. The van der Waals surface area contributed by atoms with Gasteiger partial charge in [0.05, 0.1) is 5.69 Å². The van der Waals surface area contributed by atoms with Crippen molar-refractivity contribution in [3.63, 3.8) is 0 Å². The van der Waals surface area contributed by atoms with Crippen molar-refractivity contribution in [2.24, 2.45) is 0 Å². The molecule has 1 unspecified atom stereocenters. The molecule has 88 valence electrons. The smallest absolute Gasteiger partial charge is 0.249 e. The van der Waals surface area contributed by atoms with E-state index in [9.17, 15) is 8.42 Å². The van der Waals surface area contributed by atoms with Crippen molar-refractivity contribution in [2.75, 3.05) is 9.52 Å². The normalized spacial score (nSPS) is 20.6. The highest BCUT2D eigenvalue weighted by Gasteiger charge is 2.31. The Bertz CT molecular complexity index is 487. The molecule has 1 heterocycles. The minimum atomic E-state index is -3.39. The van der Waals surface area contributed by atoms with E-state index in [2.05, 4.69) is 0 Å². The summed E-state index contributed by atoms with van der Waals surface area (Å²) in [6.07, 6.45) is 1.76. The molecule has 0 aliphatic carbocycles. The van der Waals surface area contributed by atoms with Crippen LogP contribution in [0.5, 0.6) is 0 Å². The molecule has 0 saturated heterocycles. The van der Waals surface area contributed by atoms with E-state index in [0.29, 0.717) is 0 Å². The van der Waals surface area contributed by atoms with Gasteiger partial charge in [-0.3, -0.25) is 4.31 Å². The number of sulfonamides is 1. The highest BCUT2D eigenvalue weighted by Crippen LogP contribution is 2.32. The van der Waals surface area contributed by atoms with E-state index in [-0.39, 0.29) is 11.3 Å². The van der Waals surface area contributed by atoms with Gasteiger partial charge in [-0.1, -0.05) is 18.2 Å². The van der Waals surface area contributed by atoms with Gasteiger partial charge < -0.3 is 0 Å². The predicted molar refractivity (Wildman–Crippen MR) is 66.3 cm³/mol. The van der Waals surface area contributed by atoms with Gasteiger partial charge >= 0.3 is 0 Å². The molecular formula is C11H14ClNO2S. The standard InChI is InChI=1S/C11H14ClNO2S/c1-9-6-7-10-4-2-3-5-11(10)13(9)16(14,15)8-12/h2-5,9H,6-8H2,1H3. The van der Waals surface area contributed by atoms with E-state index in [4.69, 9.17) is 11.6 Å². The third-order valence-corrected chi connectivity index (χ3v) is 5.16. The summed E-state index contributed by atoms with van der Waals surface area (Å²) in [6, 6.07) is 7.58. The Morgan fingerprint density at radius 3 is 2.81 bits per heavy atom. The van der Waals surface area contributed by atoms with Crippen molar-refractivity contribution in [3.8, 4) is 0 Å². The largest absolute Gasteiger partial charge is 0.266 e. The Morgan fingerprint density at radius 1 is 1.44 bits per heavy atom. The minimum absolute atomic E-state index is 0.0151. The molecule has 1 aromatic carbocycles. The molecule has 0 radical (unpaired) electrons. The van der Waals surface area contributed by atoms with Crippen molar-refractivity contribution in [1.29, 1.82) is 0 Å². The third kappa shape index (κ3) is 1.92. The molecule has 5 heteroatoms. The minimum Gasteiger partial charge on any atom is -0.266 e. The van der Waals surface area contributed by atoms with Crippen molar-refractivity contribution in [3.05, 3.63) is 29.8 Å². The lowest BCUT2D eigenvalue weighted by Crippen LogP contribution is -2.42. The third-order valence-electron chi connectivity index (χ3n) is 2.90. The molecule has 0 spiro atoms. The number of hydrogen-bond donors (Lipinski definition) is 0. The number of halogens is 1. The number of nitrogens with zero attached hydrogens (tertiary/aromatic N) is 1. The van der Waals surface area contributed by atoms with E-state index in [0.717, 1.165) is 24.1 Å². The molecule has 0 amide bonds. The second-order valence-corrected chi connectivity index (χ2v) is 6.46. The summed E-state index contributed by atoms with van der Waals surface area (Å²) >= 11 is 5.53. The second-order valence-electron chi connectivity index (χ2n) is 4.03. The van der Waals surface area contributed by atoms with Crippen LogP contribution in [-0.2, 0) is 16.4 Å². The molecule has 1 aliphatic rings. The summed E-state index contributed by atoms with van der Waals surface area (Å²) in [7, 11) is -3.39. The number of hydrogen-bond acceptors (Lipinski definition) is 2. The number of para-hydroxylation sites is 1. The number of fused-ring (bicyclic) bond motifs is 1. The summed E-state index contributed by atoms with van der Waals surface area (Å²) in [5.74, 6) is 0. The fourth-order valence-electron chi connectivity index (χ4n) is 2.13. The van der Waals surface area contributed by atoms with Crippen LogP contribution in [0.15, 0.2) is 24.3 Å². The van der Waals surface area contributed by atoms with Crippen LogP contribution in [0.25, 0.3) is 0 Å². The lowest BCUT2D eigenvalue weighted by Gasteiger charge is -2.35. The van der Waals surface area contributed by atoms with Gasteiger partial charge in [0.2, 0.25) is 10.0 Å². The zero-order valence-corrected chi connectivity index (χ0v) is 10.6. The fourth-order valence-corrected chi connectivity index (χ4v) is 3.68. The Kier molecular flexibility index (Phi) is 3.13. The van der Waals surface area contributed by atoms with Crippen LogP contribution < -0.4 is 4.31 Å². The Balaban J connectivity index is 2.53. The summed E-state index contributed by atoms with van der Waals surface area (Å²) in [5, 5.41) is -0.369. The van der Waals surface area contributed by atoms with Crippen LogP contribution in [-0.4, -0.2) is 19.7 Å². The maximum absolute atomic E-state index is 11.9. The van der Waals surface area contributed by atoms with Gasteiger partial charge in [-0.05, 0) is 31.4 Å². The SMILES string of the molecule is CC1CCc2ccccc2N1S(=O)(=O)CCl. The summed E-state index contributed by atoms with van der Waals surface area (Å²) in [6.45, 7) is 1.92. The van der Waals surface area contributed by atoms with Gasteiger partial charge in [0.15, 0.2) is 0 Å². The van der Waals surface area contributed by atoms with E-state index in [1.54, 1.807) is 0 Å². The van der Waals surface area contributed by atoms with Crippen LogP contribution in [0, 0.1) is 0 Å². The molecule has 0 N–H and O–H groups in total. The number of alkyl halides is 1. The van der Waals surface area contributed by atoms with Crippen LogP contribution >= 0.6 is 11.6 Å². The second kappa shape index (κ2) is 4.26. The monoisotopic (exact) mass is 259 g/mol. The maximum Gasteiger partial charge on any atom is 0.249 e.